The van der Waals surface area contributed by atoms with Crippen LogP contribution in [0.5, 0.6) is 0 Å². The summed E-state index contributed by atoms with van der Waals surface area (Å²) in [5.74, 6) is 0. The monoisotopic (exact) mass is 234 g/mol. The Kier molecular flexibility index (Phi) is 3.23. The molecule has 0 aliphatic carbocycles. The summed E-state index contributed by atoms with van der Waals surface area (Å²) < 4.78 is 3.67. The van der Waals surface area contributed by atoms with Gasteiger partial charge in [0.15, 0.2) is 0 Å². The van der Waals surface area contributed by atoms with Gasteiger partial charge in [0.2, 0.25) is 0 Å². The van der Waals surface area contributed by atoms with Gasteiger partial charge in [-0.3, -0.25) is 9.36 Å². The van der Waals surface area contributed by atoms with Crippen molar-refractivity contribution in [2.24, 2.45) is 14.1 Å². The van der Waals surface area contributed by atoms with Crippen LogP contribution in [0.2, 0.25) is 0 Å². The molecule has 6 nitrogen and oxygen atoms in total. The molecule has 1 unspecified atom stereocenters. The highest BCUT2D eigenvalue weighted by atomic mass is 15.4. The van der Waals surface area contributed by atoms with E-state index < -0.39 is 0 Å². The van der Waals surface area contributed by atoms with Crippen LogP contribution in [0.15, 0.2) is 12.4 Å². The molecule has 0 radical (unpaired) electrons. The number of nitrogens with zero attached hydrogens (tertiary/aromatic N) is 5. The zero-order valence-corrected chi connectivity index (χ0v) is 10.7. The van der Waals surface area contributed by atoms with Crippen molar-refractivity contribution in [1.29, 1.82) is 0 Å². The number of nitrogens with one attached hydrogen (secondary N) is 1. The van der Waals surface area contributed by atoms with Gasteiger partial charge in [-0.25, -0.2) is 0 Å². The summed E-state index contributed by atoms with van der Waals surface area (Å²) in [4.78, 5) is 0. The summed E-state index contributed by atoms with van der Waals surface area (Å²) in [5.41, 5.74) is 3.36. The molecule has 0 saturated heterocycles. The van der Waals surface area contributed by atoms with Crippen LogP contribution >= 0.6 is 0 Å². The van der Waals surface area contributed by atoms with Gasteiger partial charge in [-0.2, -0.15) is 5.10 Å². The van der Waals surface area contributed by atoms with E-state index in [1.54, 1.807) is 10.9 Å². The van der Waals surface area contributed by atoms with Crippen LogP contribution in [-0.4, -0.2) is 31.3 Å². The lowest BCUT2D eigenvalue weighted by Crippen LogP contribution is -2.24. The Bertz CT molecular complexity index is 498. The third-order valence-corrected chi connectivity index (χ3v) is 3.04. The fraction of sp³-hybridized carbons (Fsp3) is 0.545. The Morgan fingerprint density at radius 2 is 2.06 bits per heavy atom. The molecular weight excluding hydrogens is 216 g/mol. The number of hydrogen-bond donors (Lipinski definition) is 1. The minimum Gasteiger partial charge on any atom is -0.305 e. The smallest absolute Gasteiger partial charge is 0.0799 e. The Hall–Kier alpha value is -1.69. The summed E-state index contributed by atoms with van der Waals surface area (Å²) in [6, 6.07) is 0.0914. The third-order valence-electron chi connectivity index (χ3n) is 3.04. The Morgan fingerprint density at radius 3 is 2.53 bits per heavy atom. The zero-order chi connectivity index (χ0) is 12.4. The van der Waals surface area contributed by atoms with Crippen molar-refractivity contribution in [3.05, 3.63) is 29.3 Å². The van der Waals surface area contributed by atoms with Crippen LogP contribution in [0.1, 0.15) is 29.9 Å². The highest BCUT2D eigenvalue weighted by Gasteiger charge is 2.20. The van der Waals surface area contributed by atoms with Crippen molar-refractivity contribution < 1.29 is 0 Å². The van der Waals surface area contributed by atoms with E-state index in [2.05, 4.69) is 34.6 Å². The Balaban J connectivity index is 2.43. The molecule has 2 aromatic heterocycles. The molecule has 0 amide bonds. The van der Waals surface area contributed by atoms with Gasteiger partial charge in [-0.15, -0.1) is 5.10 Å². The molecule has 0 bridgehead atoms. The molecule has 92 valence electrons. The highest BCUT2D eigenvalue weighted by molar-refractivity contribution is 5.28. The summed E-state index contributed by atoms with van der Waals surface area (Å²) in [5, 5.41) is 15.6. The highest BCUT2D eigenvalue weighted by Crippen LogP contribution is 2.23. The molecule has 0 saturated carbocycles. The molecule has 2 heterocycles. The maximum Gasteiger partial charge on any atom is 0.0799 e. The maximum atomic E-state index is 4.29. The molecule has 0 aliphatic heterocycles. The van der Waals surface area contributed by atoms with Gasteiger partial charge < -0.3 is 5.32 Å². The summed E-state index contributed by atoms with van der Waals surface area (Å²) in [6.45, 7) is 5.03. The quantitative estimate of drug-likeness (QED) is 0.839. The Morgan fingerprint density at radius 1 is 1.29 bits per heavy atom. The first-order valence-corrected chi connectivity index (χ1v) is 5.71. The minimum atomic E-state index is 0.0914. The average Bonchev–Trinajstić information content (AvgIpc) is 2.85. The van der Waals surface area contributed by atoms with Gasteiger partial charge in [0.25, 0.3) is 0 Å². The molecular formula is C11H18N6. The van der Waals surface area contributed by atoms with Crippen molar-refractivity contribution in [1.82, 2.24) is 30.1 Å². The predicted molar refractivity (Wildman–Crippen MR) is 64.5 cm³/mol. The van der Waals surface area contributed by atoms with Crippen LogP contribution in [0.3, 0.4) is 0 Å². The predicted octanol–water partition coefficient (Wildman–Crippen LogP) is 0.556. The third kappa shape index (κ3) is 2.08. The largest absolute Gasteiger partial charge is 0.305 e. The van der Waals surface area contributed by atoms with E-state index in [1.165, 1.54) is 5.56 Å². The lowest BCUT2D eigenvalue weighted by atomic mass is 10.1. The Labute approximate surface area is 101 Å². The molecule has 2 rings (SSSR count). The first-order valence-electron chi connectivity index (χ1n) is 5.71. The fourth-order valence-electron chi connectivity index (χ4n) is 1.94. The SMILES string of the molecule is CCNC(c1cnn(C)c1C)c1cnnn1C. The molecule has 6 heteroatoms. The van der Waals surface area contributed by atoms with Crippen LogP contribution in [0.4, 0.5) is 0 Å². The van der Waals surface area contributed by atoms with Gasteiger partial charge in [0.1, 0.15) is 0 Å². The molecule has 0 aliphatic rings. The second kappa shape index (κ2) is 4.67. The van der Waals surface area contributed by atoms with Crippen molar-refractivity contribution in [3.63, 3.8) is 0 Å². The number of aromatic nitrogens is 5. The van der Waals surface area contributed by atoms with E-state index in [-0.39, 0.29) is 6.04 Å². The summed E-state index contributed by atoms with van der Waals surface area (Å²) >= 11 is 0. The number of rotatable bonds is 4. The van der Waals surface area contributed by atoms with E-state index in [9.17, 15) is 0 Å². The molecule has 1 N–H and O–H groups in total. The van der Waals surface area contributed by atoms with E-state index in [4.69, 9.17) is 0 Å². The maximum absolute atomic E-state index is 4.29. The molecule has 17 heavy (non-hydrogen) atoms. The van der Waals surface area contributed by atoms with Gasteiger partial charge in [-0.1, -0.05) is 12.1 Å². The molecule has 0 fully saturated rings. The molecule has 2 aromatic rings. The van der Waals surface area contributed by atoms with E-state index in [1.807, 2.05) is 25.0 Å². The standard InChI is InChI=1S/C11H18N6/c1-5-12-11(10-7-13-15-17(10)4)9-6-14-16(3)8(9)2/h6-7,11-12H,5H2,1-4H3. The second-order valence-electron chi connectivity index (χ2n) is 4.08. The molecule has 0 spiro atoms. The fourth-order valence-corrected chi connectivity index (χ4v) is 1.94. The van der Waals surface area contributed by atoms with Gasteiger partial charge in [0.05, 0.1) is 24.1 Å². The summed E-state index contributed by atoms with van der Waals surface area (Å²) in [6.07, 6.45) is 3.69. The lowest BCUT2D eigenvalue weighted by molar-refractivity contribution is 0.565. The van der Waals surface area contributed by atoms with Crippen molar-refractivity contribution in [3.8, 4) is 0 Å². The first-order chi connectivity index (χ1) is 8.15. The first kappa shape index (κ1) is 11.8. The van der Waals surface area contributed by atoms with Crippen molar-refractivity contribution in [2.45, 2.75) is 19.9 Å². The average molecular weight is 234 g/mol. The number of aryl methyl sites for hydroxylation is 2. The normalized spacial score (nSPS) is 12.9. The van der Waals surface area contributed by atoms with Crippen LogP contribution < -0.4 is 5.32 Å². The van der Waals surface area contributed by atoms with Crippen LogP contribution in [-0.2, 0) is 14.1 Å². The second-order valence-corrected chi connectivity index (χ2v) is 4.08. The zero-order valence-electron chi connectivity index (χ0n) is 10.7. The minimum absolute atomic E-state index is 0.0914. The van der Waals surface area contributed by atoms with E-state index in [0.29, 0.717) is 0 Å². The number of hydrogen-bond acceptors (Lipinski definition) is 4. The van der Waals surface area contributed by atoms with E-state index >= 15 is 0 Å². The van der Waals surface area contributed by atoms with Crippen molar-refractivity contribution >= 4 is 0 Å². The summed E-state index contributed by atoms with van der Waals surface area (Å²) in [7, 11) is 3.85. The molecule has 0 aromatic carbocycles. The van der Waals surface area contributed by atoms with Gasteiger partial charge in [0, 0.05) is 25.4 Å². The van der Waals surface area contributed by atoms with Gasteiger partial charge in [-0.05, 0) is 13.5 Å². The van der Waals surface area contributed by atoms with Crippen LogP contribution in [0.25, 0.3) is 0 Å². The van der Waals surface area contributed by atoms with E-state index in [0.717, 1.165) is 17.9 Å². The van der Waals surface area contributed by atoms with Crippen LogP contribution in [0, 0.1) is 6.92 Å². The topological polar surface area (TPSA) is 60.6 Å². The lowest BCUT2D eigenvalue weighted by Gasteiger charge is -2.17. The van der Waals surface area contributed by atoms with Crippen molar-refractivity contribution in [2.75, 3.05) is 6.54 Å². The van der Waals surface area contributed by atoms with Gasteiger partial charge >= 0.3 is 0 Å². The molecule has 1 atom stereocenters.